The largest absolute Gasteiger partial charge is 0.482 e. The summed E-state index contributed by atoms with van der Waals surface area (Å²) in [6.45, 7) is 11.5. The minimum Gasteiger partial charge on any atom is -0.482 e. The fourth-order valence-corrected chi connectivity index (χ4v) is 17.4. The number of aliphatic hydroxyl groups is 2. The molecule has 1 heterocycles. The van der Waals surface area contributed by atoms with Gasteiger partial charge in [0.05, 0.1) is 24.9 Å². The molecule has 16 atom stereocenters. The van der Waals surface area contributed by atoms with Gasteiger partial charge in [0.2, 0.25) is 100 Å². The lowest BCUT2D eigenvalue weighted by Crippen LogP contribution is -2.63. The summed E-state index contributed by atoms with van der Waals surface area (Å²) < 4.78 is 5.32. The number of rotatable bonds is 37. The quantitative estimate of drug-likeness (QED) is 0.0211. The topological polar surface area (TPSA) is 740 Å². The Morgan fingerprint density at radius 1 is 0.449 bits per heavy atom. The van der Waals surface area contributed by atoms with Crippen molar-refractivity contribution in [2.24, 2.45) is 46.6 Å². The van der Waals surface area contributed by atoms with Crippen molar-refractivity contribution in [1.82, 2.24) is 90.4 Å². The number of carboxylic acids is 2. The van der Waals surface area contributed by atoms with Crippen LogP contribution in [0.4, 0.5) is 4.79 Å². The third-order valence-corrected chi connectivity index (χ3v) is 25.5. The Kier molecular flexibility index (Phi) is 52.0. The van der Waals surface area contributed by atoms with Gasteiger partial charge in [-0.1, -0.05) is 170 Å². The molecule has 47 heteroatoms. The van der Waals surface area contributed by atoms with Crippen molar-refractivity contribution in [2.45, 2.75) is 281 Å². The summed E-state index contributed by atoms with van der Waals surface area (Å²) in [5.74, 6) is -24.1. The number of aliphatic carboxylic acids is 2. The number of carbonyl (C=O) groups is 20. The maximum absolute atomic E-state index is 15.5. The molecule has 1 saturated carbocycles. The molecule has 2 aliphatic rings. The lowest BCUT2D eigenvalue weighted by atomic mass is 9.84. The first kappa shape index (κ1) is 122. The Bertz CT molecular complexity index is 5110. The van der Waals surface area contributed by atoms with E-state index in [2.05, 4.69) is 90.4 Å². The van der Waals surface area contributed by atoms with Gasteiger partial charge in [-0.25, -0.2) is 9.59 Å². The molecule has 147 heavy (non-hydrogen) atoms. The van der Waals surface area contributed by atoms with E-state index >= 15 is 43.2 Å². The minimum absolute atomic E-state index is 0.00407. The van der Waals surface area contributed by atoms with E-state index in [9.17, 15) is 73.2 Å². The number of aliphatic hydroxyl groups excluding tert-OH is 2. The standard InChI is InChI=1S/C100H147N21O25S/c1-54(2)43-71-90(135)110-70(38-40-102)89(134)113-74(45-60-22-12-10-13-23-60)94(139)120-83(56(5)6)98(143)121-84(58(8)123)99(144)118-78(96(141)117-77(50-122)85(103)130)52-147-53-79(125)107-67(27-16-17-41-105-59(9)124)86(131)112-72(47-62-32-36-66(37-33-62)146-51-81(128)129)92(137)115-76(49-80(126)127)93(138)114-75(48-63-24-18-21-57(7)44-63)95(140)119-82(55(3)4)97(142)116-73(46-61-30-34-65(35-31-61)64-25-14-11-15-26-64)91(136)109-69(29-20-42-106-100(104)145)87(132)108-68(28-19-39-101)88(133)111-71/h11,14-15,18,21,24-26,30-37,44,54-56,58,60,67-78,82-84,122-123H,10,12-13,16-17,19-20,22-23,27-29,38-43,45-53,101-102H2,1-9H3,(H2,103,130)(H,105,124)(H,107,125)(H,108,132)(H,109,136)(H,110,135)(H,111,133)(H,112,131)(H,113,134)(H,114,138)(H,115,137)(H,116,142)(H,117,141)(H,118,144)(H,119,140)(H,120,139)(H,121,143)(H,126,127)(H,128,129)(H3,104,106,145)/t58?,67-,68-,69-,70-,71+,72-,73-,74-,75-,76-,77-,78-,82-,83-,84-/m0/s1. The number of aryl methyl sites for hydroxylation is 1. The summed E-state index contributed by atoms with van der Waals surface area (Å²) in [4.78, 5) is 286. The van der Waals surface area contributed by atoms with Crippen molar-refractivity contribution in [3.05, 3.63) is 125 Å². The molecular formula is C100H147N21O25S. The molecule has 0 radical (unpaired) electrons. The number of urea groups is 1. The van der Waals surface area contributed by atoms with Crippen molar-refractivity contribution in [3.8, 4) is 16.9 Å². The molecule has 1 aliphatic carbocycles. The zero-order valence-electron chi connectivity index (χ0n) is 84.5. The molecule has 2 fully saturated rings. The Morgan fingerprint density at radius 2 is 0.898 bits per heavy atom. The number of amides is 19. The van der Waals surface area contributed by atoms with Crippen LogP contribution >= 0.6 is 11.8 Å². The molecule has 0 aromatic heterocycles. The number of thioether (sulfide) groups is 1. The van der Waals surface area contributed by atoms with Gasteiger partial charge in [0.25, 0.3) is 0 Å². The average molecular weight is 2080 g/mol. The molecule has 1 aliphatic heterocycles. The molecule has 0 spiro atoms. The monoisotopic (exact) mass is 2070 g/mol. The number of unbranched alkanes of at least 4 members (excludes halogenated alkanes) is 1. The van der Waals surface area contributed by atoms with Crippen LogP contribution < -0.4 is 118 Å². The highest BCUT2D eigenvalue weighted by Gasteiger charge is 2.42. The zero-order chi connectivity index (χ0) is 109. The molecule has 1 saturated heterocycles. The van der Waals surface area contributed by atoms with Gasteiger partial charge in [-0.05, 0) is 155 Å². The first-order valence-electron chi connectivity index (χ1n) is 49.5. The maximum Gasteiger partial charge on any atom is 0.341 e. The number of nitrogens with two attached hydrogens (primary N) is 4. The minimum atomic E-state index is -2.14. The van der Waals surface area contributed by atoms with E-state index in [1.807, 2.05) is 30.3 Å². The molecule has 1 unspecified atom stereocenters. The number of benzene rings is 4. The summed E-state index contributed by atoms with van der Waals surface area (Å²) in [5.41, 5.74) is 26.5. The number of nitrogens with one attached hydrogen (secondary N) is 17. The van der Waals surface area contributed by atoms with Gasteiger partial charge in [0.1, 0.15) is 96.4 Å². The molecule has 29 N–H and O–H groups in total. The van der Waals surface area contributed by atoms with Crippen LogP contribution in [-0.2, 0) is 110 Å². The van der Waals surface area contributed by atoms with E-state index in [1.54, 1.807) is 83.1 Å². The van der Waals surface area contributed by atoms with E-state index in [0.717, 1.165) is 37.3 Å². The predicted octanol–water partition coefficient (Wildman–Crippen LogP) is -2.32. The van der Waals surface area contributed by atoms with Gasteiger partial charge in [-0.3, -0.25) is 86.3 Å². The van der Waals surface area contributed by atoms with Crippen LogP contribution in [0.1, 0.15) is 180 Å². The van der Waals surface area contributed by atoms with E-state index in [1.165, 1.54) is 45.0 Å². The zero-order valence-corrected chi connectivity index (χ0v) is 85.4. The second-order valence-electron chi connectivity index (χ2n) is 38.0. The van der Waals surface area contributed by atoms with Crippen LogP contribution in [-0.4, -0.2) is 286 Å². The first-order valence-corrected chi connectivity index (χ1v) is 50.7. The third-order valence-electron chi connectivity index (χ3n) is 24.4. The molecule has 4 aromatic carbocycles. The summed E-state index contributed by atoms with van der Waals surface area (Å²) in [5, 5.41) is 85.4. The van der Waals surface area contributed by atoms with Crippen LogP contribution in [0.15, 0.2) is 103 Å². The molecule has 19 amide bonds. The average Bonchev–Trinajstić information content (AvgIpc) is 0.846. The van der Waals surface area contributed by atoms with Crippen LogP contribution in [0.25, 0.3) is 11.1 Å². The van der Waals surface area contributed by atoms with E-state index in [0.29, 0.717) is 41.3 Å². The number of carbonyl (C=O) groups excluding carboxylic acids is 18. The van der Waals surface area contributed by atoms with Crippen molar-refractivity contribution >= 4 is 130 Å². The van der Waals surface area contributed by atoms with Crippen molar-refractivity contribution in [2.75, 3.05) is 50.9 Å². The Morgan fingerprint density at radius 3 is 1.41 bits per heavy atom. The molecular weight excluding hydrogens is 1930 g/mol. The second kappa shape index (κ2) is 62.8. The first-order chi connectivity index (χ1) is 69.8. The van der Waals surface area contributed by atoms with Crippen molar-refractivity contribution in [1.29, 1.82) is 0 Å². The number of hydrogen-bond acceptors (Lipinski definition) is 26. The van der Waals surface area contributed by atoms with E-state index < -0.39 is 265 Å². The predicted molar refractivity (Wildman–Crippen MR) is 542 cm³/mol. The summed E-state index contributed by atoms with van der Waals surface area (Å²) in [6.07, 6.45) is -1.38. The summed E-state index contributed by atoms with van der Waals surface area (Å²) >= 11 is 0.628. The Balaban J connectivity index is 1.54. The smallest absolute Gasteiger partial charge is 0.341 e. The van der Waals surface area contributed by atoms with Gasteiger partial charge in [0, 0.05) is 45.0 Å². The molecule has 6 rings (SSSR count). The molecule has 46 nitrogen and oxygen atoms in total. The normalized spacial score (nSPS) is 23.2. The maximum atomic E-state index is 15.5. The fourth-order valence-electron chi connectivity index (χ4n) is 16.5. The van der Waals surface area contributed by atoms with Gasteiger partial charge in [-0.2, -0.15) is 0 Å². The Labute approximate surface area is 858 Å². The SMILES string of the molecule is CC(=O)NCCCC[C@@H]1NC(=O)CSC[C@@H](C(=O)N[C@@H](CO)C(N)=O)NC(=O)[C@H](C(C)O)NC(=O)[C@H](C(C)C)NC(=O)[C@H](CC2CCCCC2)NC(=O)[C@H](CCN)NC(=O)[C@@H](CC(C)C)NC(=O)[C@H](CCCN)NC(=O)[C@H](CCCNC(N)=O)NC(=O)[C@H](Cc2ccc(-c3ccccc3)cc2)NC(=O)[C@H](C(C)C)NC(=O)[C@H](Cc2cccc(C)c2)NC(=O)[C@H](CC(=O)O)NC(=O)[C@H](Cc2ccc(OCC(=O)O)cc2)NC1=O. The van der Waals surface area contributed by atoms with Gasteiger partial charge >= 0.3 is 18.0 Å². The number of carboxylic acid groups (broad SMARTS) is 2. The van der Waals surface area contributed by atoms with Crippen LogP contribution in [0.3, 0.4) is 0 Å². The molecule has 808 valence electrons. The highest BCUT2D eigenvalue weighted by Crippen LogP contribution is 2.29. The molecule has 4 aromatic rings. The number of primary amides is 2. The summed E-state index contributed by atoms with van der Waals surface area (Å²) in [6, 6.07) is 1.81. The highest BCUT2D eigenvalue weighted by molar-refractivity contribution is 8.00. The highest BCUT2D eigenvalue weighted by atomic mass is 32.2. The summed E-state index contributed by atoms with van der Waals surface area (Å²) in [7, 11) is 0. The van der Waals surface area contributed by atoms with Gasteiger partial charge < -0.3 is 138 Å². The van der Waals surface area contributed by atoms with Crippen molar-refractivity contribution in [3.63, 3.8) is 0 Å². The van der Waals surface area contributed by atoms with Gasteiger partial charge in [0.15, 0.2) is 6.61 Å². The molecule has 0 bridgehead atoms. The lowest BCUT2D eigenvalue weighted by molar-refractivity contribution is -0.142. The van der Waals surface area contributed by atoms with E-state index in [-0.39, 0.29) is 126 Å². The second-order valence-corrected chi connectivity index (χ2v) is 39.0. The Hall–Kier alpha value is -13.9. The number of ether oxygens (including phenoxy) is 1. The lowest BCUT2D eigenvalue weighted by Gasteiger charge is -2.31. The van der Waals surface area contributed by atoms with Crippen LogP contribution in [0.5, 0.6) is 5.75 Å². The van der Waals surface area contributed by atoms with Crippen molar-refractivity contribution < 1.29 is 121 Å². The fraction of sp³-hybridized carbons (Fsp3) is 0.560. The van der Waals surface area contributed by atoms with E-state index in [4.69, 9.17) is 27.7 Å². The third kappa shape index (κ3) is 43.3. The van der Waals surface area contributed by atoms with Crippen LogP contribution in [0, 0.1) is 30.6 Å². The van der Waals surface area contributed by atoms with Crippen LogP contribution in [0.2, 0.25) is 0 Å². The van der Waals surface area contributed by atoms with Gasteiger partial charge in [-0.15, -0.1) is 11.8 Å². The number of hydrogen-bond donors (Lipinski definition) is 25.